The number of nitrogens with one attached hydrogen (secondary N) is 1. The molecule has 21 heavy (non-hydrogen) atoms. The van der Waals surface area contributed by atoms with Gasteiger partial charge in [-0.1, -0.05) is 43.7 Å². The summed E-state index contributed by atoms with van der Waals surface area (Å²) in [7, 11) is 1.81. The highest BCUT2D eigenvalue weighted by Gasteiger charge is 2.19. The first-order chi connectivity index (χ1) is 9.82. The Morgan fingerprint density at radius 1 is 1.24 bits per heavy atom. The van der Waals surface area contributed by atoms with Crippen LogP contribution >= 0.6 is 0 Å². The Morgan fingerprint density at radius 3 is 2.52 bits per heavy atom. The lowest BCUT2D eigenvalue weighted by Crippen LogP contribution is -2.32. The van der Waals surface area contributed by atoms with Crippen LogP contribution in [0.25, 0.3) is 0 Å². The molecule has 0 heterocycles. The molecule has 0 aromatic heterocycles. The summed E-state index contributed by atoms with van der Waals surface area (Å²) in [5, 5.41) is 3.59. The van der Waals surface area contributed by atoms with Crippen molar-refractivity contribution in [3.63, 3.8) is 0 Å². The van der Waals surface area contributed by atoms with Gasteiger partial charge in [-0.25, -0.2) is 0 Å². The average Bonchev–Trinajstić information content (AvgIpc) is 2.42. The van der Waals surface area contributed by atoms with Gasteiger partial charge >= 0.3 is 0 Å². The number of ether oxygens (including phenoxy) is 1. The molecule has 1 atom stereocenters. The van der Waals surface area contributed by atoms with Crippen LogP contribution in [0.3, 0.4) is 0 Å². The van der Waals surface area contributed by atoms with Crippen LogP contribution in [0, 0.1) is 12.8 Å². The predicted molar refractivity (Wildman–Crippen MR) is 91.8 cm³/mol. The van der Waals surface area contributed by atoms with Crippen molar-refractivity contribution >= 4 is 0 Å². The Hall–Kier alpha value is -0.860. The Kier molecular flexibility index (Phi) is 7.41. The Balaban J connectivity index is 2.63. The third-order valence-electron chi connectivity index (χ3n) is 4.13. The van der Waals surface area contributed by atoms with Gasteiger partial charge < -0.3 is 10.1 Å². The molecule has 0 bridgehead atoms. The van der Waals surface area contributed by atoms with Gasteiger partial charge in [0.15, 0.2) is 0 Å². The Bertz CT molecular complexity index is 412. The van der Waals surface area contributed by atoms with Crippen molar-refractivity contribution in [2.45, 2.75) is 65.5 Å². The van der Waals surface area contributed by atoms with E-state index in [4.69, 9.17) is 4.74 Å². The molecule has 1 aromatic rings. The average molecular weight is 291 g/mol. The summed E-state index contributed by atoms with van der Waals surface area (Å²) in [6.07, 6.45) is 3.43. The van der Waals surface area contributed by atoms with Crippen molar-refractivity contribution in [1.29, 1.82) is 0 Å². The van der Waals surface area contributed by atoms with Crippen LogP contribution < -0.4 is 5.32 Å². The monoisotopic (exact) mass is 291 g/mol. The fourth-order valence-corrected chi connectivity index (χ4v) is 2.50. The molecule has 0 aliphatic heterocycles. The smallest absolute Gasteiger partial charge is 0.0622 e. The summed E-state index contributed by atoms with van der Waals surface area (Å²) in [6.45, 7) is 12.0. The maximum atomic E-state index is 5.56. The highest BCUT2D eigenvalue weighted by molar-refractivity contribution is 5.22. The number of methoxy groups -OCH3 is 1. The molecule has 1 unspecified atom stereocenters. The molecule has 1 N–H and O–H groups in total. The SMILES string of the molecule is COC(C)(C)CCC(CNC(C)C)Cc1cccc(C)c1. The molecule has 120 valence electrons. The van der Waals surface area contributed by atoms with Crippen LogP contribution in [0.2, 0.25) is 0 Å². The van der Waals surface area contributed by atoms with Gasteiger partial charge in [0.1, 0.15) is 0 Å². The zero-order valence-corrected chi connectivity index (χ0v) is 14.7. The first kappa shape index (κ1) is 18.2. The Morgan fingerprint density at radius 2 is 1.95 bits per heavy atom. The van der Waals surface area contributed by atoms with Crippen molar-refractivity contribution in [3.8, 4) is 0 Å². The van der Waals surface area contributed by atoms with Gasteiger partial charge in [-0.05, 0) is 58.1 Å². The van der Waals surface area contributed by atoms with Crippen molar-refractivity contribution in [2.24, 2.45) is 5.92 Å². The zero-order chi connectivity index (χ0) is 15.9. The van der Waals surface area contributed by atoms with E-state index in [0.29, 0.717) is 12.0 Å². The number of benzene rings is 1. The van der Waals surface area contributed by atoms with Crippen LogP contribution in [0.15, 0.2) is 24.3 Å². The minimum absolute atomic E-state index is 0.0251. The second kappa shape index (κ2) is 8.55. The van der Waals surface area contributed by atoms with Gasteiger partial charge in [-0.15, -0.1) is 0 Å². The number of aryl methyl sites for hydroxylation is 1. The normalized spacial score (nSPS) is 13.7. The fraction of sp³-hybridized carbons (Fsp3) is 0.684. The quantitative estimate of drug-likeness (QED) is 0.730. The maximum absolute atomic E-state index is 5.56. The summed E-state index contributed by atoms with van der Waals surface area (Å²) >= 11 is 0. The maximum Gasteiger partial charge on any atom is 0.0622 e. The van der Waals surface area contributed by atoms with E-state index in [0.717, 1.165) is 19.4 Å². The van der Waals surface area contributed by atoms with Crippen LogP contribution in [0.5, 0.6) is 0 Å². The molecule has 0 amide bonds. The second-order valence-electron chi connectivity index (χ2n) is 7.12. The van der Waals surface area contributed by atoms with E-state index in [1.165, 1.54) is 17.5 Å². The second-order valence-corrected chi connectivity index (χ2v) is 7.12. The first-order valence-corrected chi connectivity index (χ1v) is 8.16. The van der Waals surface area contributed by atoms with Crippen LogP contribution in [0.4, 0.5) is 0 Å². The van der Waals surface area contributed by atoms with E-state index >= 15 is 0 Å². The molecule has 0 saturated carbocycles. The summed E-state index contributed by atoms with van der Waals surface area (Å²) < 4.78 is 5.56. The summed E-state index contributed by atoms with van der Waals surface area (Å²) in [5.41, 5.74) is 2.77. The van der Waals surface area contributed by atoms with Gasteiger partial charge in [-0.3, -0.25) is 0 Å². The van der Waals surface area contributed by atoms with Crippen molar-refractivity contribution in [2.75, 3.05) is 13.7 Å². The zero-order valence-electron chi connectivity index (χ0n) is 14.7. The third kappa shape index (κ3) is 7.63. The highest BCUT2D eigenvalue weighted by atomic mass is 16.5. The lowest BCUT2D eigenvalue weighted by molar-refractivity contribution is 0.0103. The van der Waals surface area contributed by atoms with Gasteiger partial charge in [0, 0.05) is 13.2 Å². The van der Waals surface area contributed by atoms with Gasteiger partial charge in [0.05, 0.1) is 5.60 Å². The van der Waals surface area contributed by atoms with Crippen molar-refractivity contribution < 1.29 is 4.74 Å². The van der Waals surface area contributed by atoms with E-state index in [-0.39, 0.29) is 5.60 Å². The fourth-order valence-electron chi connectivity index (χ4n) is 2.50. The largest absolute Gasteiger partial charge is 0.379 e. The van der Waals surface area contributed by atoms with E-state index < -0.39 is 0 Å². The molecule has 2 heteroatoms. The topological polar surface area (TPSA) is 21.3 Å². The molecule has 0 aliphatic rings. The Labute approximate surface area is 131 Å². The van der Waals surface area contributed by atoms with Crippen LogP contribution in [-0.4, -0.2) is 25.3 Å². The molecule has 0 spiro atoms. The molecular formula is C19H33NO. The molecule has 1 rings (SSSR count). The van der Waals surface area contributed by atoms with Gasteiger partial charge in [-0.2, -0.15) is 0 Å². The van der Waals surface area contributed by atoms with Gasteiger partial charge in [0.25, 0.3) is 0 Å². The molecule has 0 aliphatic carbocycles. The number of hydrogen-bond donors (Lipinski definition) is 1. The minimum atomic E-state index is -0.0251. The predicted octanol–water partition coefficient (Wildman–Crippen LogP) is 4.36. The summed E-state index contributed by atoms with van der Waals surface area (Å²) in [5.74, 6) is 0.656. The standard InChI is InChI=1S/C19H33NO/c1-15(2)20-14-18(10-11-19(4,5)21-6)13-17-9-7-8-16(3)12-17/h7-9,12,15,18,20H,10-11,13-14H2,1-6H3. The molecule has 0 radical (unpaired) electrons. The van der Waals surface area contributed by atoms with Crippen LogP contribution in [0.1, 0.15) is 51.7 Å². The third-order valence-corrected chi connectivity index (χ3v) is 4.13. The van der Waals surface area contributed by atoms with E-state index in [2.05, 4.69) is 64.2 Å². The summed E-state index contributed by atoms with van der Waals surface area (Å²) in [4.78, 5) is 0. The lowest BCUT2D eigenvalue weighted by atomic mass is 9.89. The molecule has 2 nitrogen and oxygen atoms in total. The molecule has 0 fully saturated rings. The number of rotatable bonds is 9. The van der Waals surface area contributed by atoms with Crippen molar-refractivity contribution in [1.82, 2.24) is 5.32 Å². The van der Waals surface area contributed by atoms with Crippen molar-refractivity contribution in [3.05, 3.63) is 35.4 Å². The lowest BCUT2D eigenvalue weighted by Gasteiger charge is -2.27. The summed E-state index contributed by atoms with van der Waals surface area (Å²) in [6, 6.07) is 9.43. The minimum Gasteiger partial charge on any atom is -0.379 e. The highest BCUT2D eigenvalue weighted by Crippen LogP contribution is 2.22. The van der Waals surface area contributed by atoms with E-state index in [1.54, 1.807) is 0 Å². The van der Waals surface area contributed by atoms with E-state index in [1.807, 2.05) is 7.11 Å². The number of hydrogen-bond acceptors (Lipinski definition) is 2. The first-order valence-electron chi connectivity index (χ1n) is 8.16. The molecule has 0 saturated heterocycles. The molecular weight excluding hydrogens is 258 g/mol. The molecule has 1 aromatic carbocycles. The van der Waals surface area contributed by atoms with Gasteiger partial charge in [0.2, 0.25) is 0 Å². The van der Waals surface area contributed by atoms with E-state index in [9.17, 15) is 0 Å². The van der Waals surface area contributed by atoms with Crippen LogP contribution in [-0.2, 0) is 11.2 Å².